The molecule has 104 valence electrons. The molecule has 0 aromatic heterocycles. The van der Waals surface area contributed by atoms with Crippen molar-refractivity contribution in [2.24, 2.45) is 0 Å². The van der Waals surface area contributed by atoms with Gasteiger partial charge in [0.15, 0.2) is 0 Å². The van der Waals surface area contributed by atoms with E-state index in [0.29, 0.717) is 5.56 Å². The SMILES string of the molecule is Cc1ccc(Br)c(C(=O)N(C)C(C)c2ccccc2)c1. The molecule has 0 saturated heterocycles. The van der Waals surface area contributed by atoms with Crippen LogP contribution in [0.3, 0.4) is 0 Å². The number of amides is 1. The van der Waals surface area contributed by atoms with Gasteiger partial charge >= 0.3 is 0 Å². The third-order valence-corrected chi connectivity index (χ3v) is 4.23. The summed E-state index contributed by atoms with van der Waals surface area (Å²) in [5.74, 6) is 0.0249. The van der Waals surface area contributed by atoms with Crippen LogP contribution in [0, 0.1) is 6.92 Å². The van der Waals surface area contributed by atoms with E-state index >= 15 is 0 Å². The summed E-state index contributed by atoms with van der Waals surface area (Å²) in [6.07, 6.45) is 0. The zero-order chi connectivity index (χ0) is 14.7. The van der Waals surface area contributed by atoms with E-state index in [0.717, 1.165) is 15.6 Å². The zero-order valence-corrected chi connectivity index (χ0v) is 13.5. The summed E-state index contributed by atoms with van der Waals surface area (Å²) in [5, 5.41) is 0. The van der Waals surface area contributed by atoms with Gasteiger partial charge in [-0.15, -0.1) is 0 Å². The van der Waals surface area contributed by atoms with Crippen LogP contribution in [-0.2, 0) is 0 Å². The molecular formula is C17H18BrNO. The number of carbonyl (C=O) groups excluding carboxylic acids is 1. The molecule has 2 aromatic rings. The van der Waals surface area contributed by atoms with Gasteiger partial charge in [0.25, 0.3) is 5.91 Å². The highest BCUT2D eigenvalue weighted by Crippen LogP contribution is 2.24. The van der Waals surface area contributed by atoms with Crippen LogP contribution in [0.1, 0.15) is 34.5 Å². The summed E-state index contributed by atoms with van der Waals surface area (Å²) < 4.78 is 0.834. The van der Waals surface area contributed by atoms with Gasteiger partial charge in [-0.2, -0.15) is 0 Å². The quantitative estimate of drug-likeness (QED) is 0.805. The maximum atomic E-state index is 12.6. The molecule has 2 nitrogen and oxygen atoms in total. The lowest BCUT2D eigenvalue weighted by atomic mass is 10.1. The number of aryl methyl sites for hydroxylation is 1. The number of rotatable bonds is 3. The van der Waals surface area contributed by atoms with Crippen molar-refractivity contribution in [1.82, 2.24) is 4.90 Å². The monoisotopic (exact) mass is 331 g/mol. The smallest absolute Gasteiger partial charge is 0.255 e. The number of carbonyl (C=O) groups is 1. The molecule has 1 amide bonds. The number of benzene rings is 2. The Morgan fingerprint density at radius 1 is 1.15 bits per heavy atom. The molecule has 0 radical (unpaired) electrons. The lowest BCUT2D eigenvalue weighted by Crippen LogP contribution is -2.30. The maximum absolute atomic E-state index is 12.6. The zero-order valence-electron chi connectivity index (χ0n) is 11.9. The molecule has 2 rings (SSSR count). The summed E-state index contributed by atoms with van der Waals surface area (Å²) in [6.45, 7) is 4.03. The van der Waals surface area contributed by atoms with Gasteiger partial charge in [0.1, 0.15) is 0 Å². The van der Waals surface area contributed by atoms with Crippen LogP contribution < -0.4 is 0 Å². The molecule has 0 aliphatic rings. The van der Waals surface area contributed by atoms with Gasteiger partial charge in [-0.05, 0) is 47.5 Å². The normalized spacial score (nSPS) is 12.0. The van der Waals surface area contributed by atoms with Crippen molar-refractivity contribution in [3.63, 3.8) is 0 Å². The second-order valence-electron chi connectivity index (χ2n) is 4.99. The minimum absolute atomic E-state index is 0.0249. The predicted octanol–water partition coefficient (Wildman–Crippen LogP) is 4.59. The van der Waals surface area contributed by atoms with Crippen molar-refractivity contribution in [1.29, 1.82) is 0 Å². The lowest BCUT2D eigenvalue weighted by molar-refractivity contribution is 0.0741. The Bertz CT molecular complexity index is 610. The number of nitrogens with zero attached hydrogens (tertiary/aromatic N) is 1. The molecule has 2 aromatic carbocycles. The van der Waals surface area contributed by atoms with Gasteiger partial charge in [-0.1, -0.05) is 42.0 Å². The van der Waals surface area contributed by atoms with E-state index in [9.17, 15) is 4.79 Å². The number of hydrogen-bond donors (Lipinski definition) is 0. The summed E-state index contributed by atoms with van der Waals surface area (Å²) in [7, 11) is 1.84. The lowest BCUT2D eigenvalue weighted by Gasteiger charge is -2.26. The van der Waals surface area contributed by atoms with E-state index in [2.05, 4.69) is 15.9 Å². The first-order valence-electron chi connectivity index (χ1n) is 6.59. The Morgan fingerprint density at radius 2 is 1.80 bits per heavy atom. The Balaban J connectivity index is 2.27. The molecule has 0 bridgehead atoms. The van der Waals surface area contributed by atoms with Crippen LogP contribution in [0.2, 0.25) is 0 Å². The molecule has 0 spiro atoms. The fourth-order valence-corrected chi connectivity index (χ4v) is 2.54. The average molecular weight is 332 g/mol. The molecule has 0 fully saturated rings. The Labute approximate surface area is 128 Å². The molecule has 20 heavy (non-hydrogen) atoms. The Kier molecular flexibility index (Phi) is 4.61. The molecule has 0 heterocycles. The fraction of sp³-hybridized carbons (Fsp3) is 0.235. The van der Waals surface area contributed by atoms with Gasteiger partial charge in [0, 0.05) is 11.5 Å². The van der Waals surface area contributed by atoms with Crippen LogP contribution in [-0.4, -0.2) is 17.9 Å². The highest BCUT2D eigenvalue weighted by Gasteiger charge is 2.20. The highest BCUT2D eigenvalue weighted by molar-refractivity contribution is 9.10. The minimum Gasteiger partial charge on any atom is -0.335 e. The van der Waals surface area contributed by atoms with Gasteiger partial charge < -0.3 is 4.90 Å². The van der Waals surface area contributed by atoms with E-state index < -0.39 is 0 Å². The molecule has 0 saturated carbocycles. The minimum atomic E-state index is 0.0249. The average Bonchev–Trinajstić information content (AvgIpc) is 2.48. The van der Waals surface area contributed by atoms with Gasteiger partial charge in [0.05, 0.1) is 11.6 Å². The van der Waals surface area contributed by atoms with E-state index in [1.807, 2.05) is 69.4 Å². The van der Waals surface area contributed by atoms with Crippen molar-refractivity contribution in [3.05, 3.63) is 69.7 Å². The standard InChI is InChI=1S/C17H18BrNO/c1-12-9-10-16(18)15(11-12)17(20)19(3)13(2)14-7-5-4-6-8-14/h4-11,13H,1-3H3. The van der Waals surface area contributed by atoms with Crippen molar-refractivity contribution >= 4 is 21.8 Å². The first-order chi connectivity index (χ1) is 9.50. The molecular weight excluding hydrogens is 314 g/mol. The Morgan fingerprint density at radius 3 is 2.45 bits per heavy atom. The molecule has 1 atom stereocenters. The third kappa shape index (κ3) is 3.10. The first kappa shape index (κ1) is 14.8. The van der Waals surface area contributed by atoms with Crippen molar-refractivity contribution in [2.75, 3.05) is 7.05 Å². The number of hydrogen-bond acceptors (Lipinski definition) is 1. The van der Waals surface area contributed by atoms with Gasteiger partial charge in [-0.25, -0.2) is 0 Å². The second kappa shape index (κ2) is 6.23. The Hall–Kier alpha value is -1.61. The molecule has 1 unspecified atom stereocenters. The summed E-state index contributed by atoms with van der Waals surface area (Å²) >= 11 is 3.46. The van der Waals surface area contributed by atoms with Crippen LogP contribution >= 0.6 is 15.9 Å². The topological polar surface area (TPSA) is 20.3 Å². The van der Waals surface area contributed by atoms with Crippen LogP contribution in [0.15, 0.2) is 53.0 Å². The molecule has 0 N–H and O–H groups in total. The summed E-state index contributed by atoms with van der Waals surface area (Å²) in [6, 6.07) is 15.9. The number of halogens is 1. The van der Waals surface area contributed by atoms with Crippen molar-refractivity contribution in [2.45, 2.75) is 19.9 Å². The molecule has 0 aliphatic carbocycles. The van der Waals surface area contributed by atoms with Crippen molar-refractivity contribution < 1.29 is 4.79 Å². The van der Waals surface area contributed by atoms with Gasteiger partial charge in [-0.3, -0.25) is 4.79 Å². The van der Waals surface area contributed by atoms with Crippen molar-refractivity contribution in [3.8, 4) is 0 Å². The maximum Gasteiger partial charge on any atom is 0.255 e. The predicted molar refractivity (Wildman–Crippen MR) is 85.8 cm³/mol. The first-order valence-corrected chi connectivity index (χ1v) is 7.38. The second-order valence-corrected chi connectivity index (χ2v) is 5.84. The third-order valence-electron chi connectivity index (χ3n) is 3.54. The van der Waals surface area contributed by atoms with Crippen LogP contribution in [0.25, 0.3) is 0 Å². The summed E-state index contributed by atoms with van der Waals surface area (Å²) in [5.41, 5.74) is 2.92. The molecule has 0 aliphatic heterocycles. The summed E-state index contributed by atoms with van der Waals surface area (Å²) in [4.78, 5) is 14.4. The fourth-order valence-electron chi connectivity index (χ4n) is 2.12. The van der Waals surface area contributed by atoms with E-state index in [-0.39, 0.29) is 11.9 Å². The van der Waals surface area contributed by atoms with E-state index in [1.54, 1.807) is 4.90 Å². The van der Waals surface area contributed by atoms with E-state index in [4.69, 9.17) is 0 Å². The van der Waals surface area contributed by atoms with Crippen LogP contribution in [0.5, 0.6) is 0 Å². The molecule has 3 heteroatoms. The van der Waals surface area contributed by atoms with Crippen LogP contribution in [0.4, 0.5) is 0 Å². The largest absolute Gasteiger partial charge is 0.335 e. The highest BCUT2D eigenvalue weighted by atomic mass is 79.9. The van der Waals surface area contributed by atoms with Gasteiger partial charge in [0.2, 0.25) is 0 Å². The van der Waals surface area contributed by atoms with E-state index in [1.165, 1.54) is 0 Å².